The Morgan fingerprint density at radius 3 is 2.25 bits per heavy atom. The molecule has 0 aliphatic carbocycles. The van der Waals surface area contributed by atoms with Crippen LogP contribution < -0.4 is 5.32 Å². The average molecular weight is 287 g/mol. The van der Waals surface area contributed by atoms with Crippen molar-refractivity contribution in [3.05, 3.63) is 0 Å². The van der Waals surface area contributed by atoms with E-state index in [0.29, 0.717) is 13.2 Å². The lowest BCUT2D eigenvalue weighted by Gasteiger charge is -2.14. The third kappa shape index (κ3) is 10.6. The van der Waals surface area contributed by atoms with Gasteiger partial charge in [-0.1, -0.05) is 46.5 Å². The molecule has 0 bridgehead atoms. The smallest absolute Gasteiger partial charge is 0.407 e. The summed E-state index contributed by atoms with van der Waals surface area (Å²) in [6, 6.07) is -0.676. The number of amides is 1. The predicted octanol–water partition coefficient (Wildman–Crippen LogP) is 3.27. The van der Waals surface area contributed by atoms with Crippen LogP contribution in [0.15, 0.2) is 0 Å². The Balaban J connectivity index is 3.67. The van der Waals surface area contributed by atoms with E-state index in [1.807, 2.05) is 13.8 Å². The first-order valence-electron chi connectivity index (χ1n) is 7.57. The van der Waals surface area contributed by atoms with Gasteiger partial charge in [-0.25, -0.2) is 9.59 Å². The van der Waals surface area contributed by atoms with Crippen molar-refractivity contribution in [3.63, 3.8) is 0 Å². The Morgan fingerprint density at radius 2 is 1.65 bits per heavy atom. The zero-order valence-corrected chi connectivity index (χ0v) is 13.2. The number of hydrogen-bond acceptors (Lipinski definition) is 4. The molecule has 0 fully saturated rings. The van der Waals surface area contributed by atoms with Crippen LogP contribution in [0.2, 0.25) is 0 Å². The van der Waals surface area contributed by atoms with E-state index in [-0.39, 0.29) is 5.92 Å². The molecule has 0 aliphatic heterocycles. The minimum absolute atomic E-state index is 0.270. The molecule has 1 unspecified atom stereocenters. The largest absolute Gasteiger partial charge is 0.464 e. The van der Waals surface area contributed by atoms with Gasteiger partial charge in [0.2, 0.25) is 0 Å². The van der Waals surface area contributed by atoms with Crippen LogP contribution in [0.1, 0.15) is 59.8 Å². The second-order valence-electron chi connectivity index (χ2n) is 5.44. The van der Waals surface area contributed by atoms with E-state index >= 15 is 0 Å². The number of carbonyl (C=O) groups excluding carboxylic acids is 2. The van der Waals surface area contributed by atoms with E-state index in [9.17, 15) is 9.59 Å². The summed E-state index contributed by atoms with van der Waals surface area (Å²) in [5.41, 5.74) is 0. The van der Waals surface area contributed by atoms with Gasteiger partial charge in [-0.3, -0.25) is 0 Å². The van der Waals surface area contributed by atoms with Crippen molar-refractivity contribution in [1.29, 1.82) is 0 Å². The van der Waals surface area contributed by atoms with Crippen LogP contribution in [-0.4, -0.2) is 31.3 Å². The molecule has 0 aromatic heterocycles. The minimum atomic E-state index is -0.676. The standard InChI is InChI=1S/C15H29NO4/c1-5-6-7-8-9-10-19-14(17)13(4)16-15(18)20-11-12(2)3/h12-13H,5-11H2,1-4H3,(H,16,18). The number of alkyl carbamates (subject to hydrolysis) is 1. The molecule has 0 saturated carbocycles. The van der Waals surface area contributed by atoms with Crippen molar-refractivity contribution < 1.29 is 19.1 Å². The van der Waals surface area contributed by atoms with Gasteiger partial charge in [-0.2, -0.15) is 0 Å². The predicted molar refractivity (Wildman–Crippen MR) is 78.5 cm³/mol. The van der Waals surface area contributed by atoms with E-state index in [0.717, 1.165) is 12.8 Å². The number of ether oxygens (including phenoxy) is 2. The number of unbranched alkanes of at least 4 members (excludes halogenated alkanes) is 4. The first-order valence-corrected chi connectivity index (χ1v) is 7.57. The maximum absolute atomic E-state index is 11.6. The topological polar surface area (TPSA) is 64.6 Å². The summed E-state index contributed by atoms with van der Waals surface area (Å²) in [6.45, 7) is 8.40. The SMILES string of the molecule is CCCCCCCOC(=O)C(C)NC(=O)OCC(C)C. The molecular formula is C15H29NO4. The molecule has 1 N–H and O–H groups in total. The molecule has 0 spiro atoms. The Bertz CT molecular complexity index is 279. The summed E-state index contributed by atoms with van der Waals surface area (Å²) in [7, 11) is 0. The van der Waals surface area contributed by atoms with Crippen LogP contribution in [0.5, 0.6) is 0 Å². The van der Waals surface area contributed by atoms with Crippen molar-refractivity contribution in [2.75, 3.05) is 13.2 Å². The molecule has 5 heteroatoms. The third-order valence-electron chi connectivity index (χ3n) is 2.73. The van der Waals surface area contributed by atoms with Crippen LogP contribution in [0, 0.1) is 5.92 Å². The Labute approximate surface area is 122 Å². The summed E-state index contributed by atoms with van der Waals surface area (Å²) in [4.78, 5) is 23.0. The lowest BCUT2D eigenvalue weighted by Crippen LogP contribution is -2.40. The highest BCUT2D eigenvalue weighted by Crippen LogP contribution is 2.03. The van der Waals surface area contributed by atoms with Gasteiger partial charge in [0.15, 0.2) is 0 Å². The average Bonchev–Trinajstić information content (AvgIpc) is 2.40. The van der Waals surface area contributed by atoms with Crippen molar-refractivity contribution in [2.45, 2.75) is 65.8 Å². The number of carbonyl (C=O) groups is 2. The summed E-state index contributed by atoms with van der Waals surface area (Å²) >= 11 is 0. The normalized spacial score (nSPS) is 12.1. The van der Waals surface area contributed by atoms with Crippen LogP contribution in [0.3, 0.4) is 0 Å². The summed E-state index contributed by atoms with van der Waals surface area (Å²) in [5.74, 6) is -0.145. The van der Waals surface area contributed by atoms with Crippen molar-refractivity contribution >= 4 is 12.1 Å². The van der Waals surface area contributed by atoms with Gasteiger partial charge < -0.3 is 14.8 Å². The molecule has 5 nitrogen and oxygen atoms in total. The van der Waals surface area contributed by atoms with E-state index in [1.165, 1.54) is 19.3 Å². The maximum Gasteiger partial charge on any atom is 0.407 e. The number of hydrogen-bond donors (Lipinski definition) is 1. The van der Waals surface area contributed by atoms with Gasteiger partial charge >= 0.3 is 12.1 Å². The zero-order chi connectivity index (χ0) is 15.4. The number of nitrogens with one attached hydrogen (secondary N) is 1. The molecule has 1 atom stereocenters. The van der Waals surface area contributed by atoms with Crippen molar-refractivity contribution in [2.24, 2.45) is 5.92 Å². The maximum atomic E-state index is 11.6. The lowest BCUT2D eigenvalue weighted by atomic mass is 10.2. The molecule has 0 aromatic rings. The molecule has 118 valence electrons. The lowest BCUT2D eigenvalue weighted by molar-refractivity contribution is -0.145. The van der Waals surface area contributed by atoms with Gasteiger partial charge in [0, 0.05) is 0 Å². The number of esters is 1. The zero-order valence-electron chi connectivity index (χ0n) is 13.2. The van der Waals surface area contributed by atoms with E-state index in [4.69, 9.17) is 9.47 Å². The molecule has 0 aromatic carbocycles. The quantitative estimate of drug-likeness (QED) is 0.495. The second-order valence-corrected chi connectivity index (χ2v) is 5.44. The molecule has 1 amide bonds. The highest BCUT2D eigenvalue weighted by Gasteiger charge is 2.17. The van der Waals surface area contributed by atoms with Crippen molar-refractivity contribution in [3.8, 4) is 0 Å². The molecule has 0 rings (SSSR count). The second kappa shape index (κ2) is 11.6. The van der Waals surface area contributed by atoms with Crippen LogP contribution in [0.4, 0.5) is 4.79 Å². The van der Waals surface area contributed by atoms with Gasteiger partial charge in [-0.05, 0) is 19.3 Å². The molecule has 0 heterocycles. The highest BCUT2D eigenvalue weighted by molar-refractivity contribution is 5.80. The summed E-state index contributed by atoms with van der Waals surface area (Å²) in [5, 5.41) is 2.46. The van der Waals surface area contributed by atoms with Crippen LogP contribution in [0.25, 0.3) is 0 Å². The molecule has 0 radical (unpaired) electrons. The van der Waals surface area contributed by atoms with Crippen LogP contribution >= 0.6 is 0 Å². The first kappa shape index (κ1) is 18.7. The van der Waals surface area contributed by atoms with Gasteiger partial charge in [0.1, 0.15) is 6.04 Å². The van der Waals surface area contributed by atoms with Gasteiger partial charge in [0.05, 0.1) is 13.2 Å². The van der Waals surface area contributed by atoms with E-state index in [1.54, 1.807) is 6.92 Å². The van der Waals surface area contributed by atoms with Gasteiger partial charge in [-0.15, -0.1) is 0 Å². The molecule has 0 aliphatic rings. The Hall–Kier alpha value is -1.26. The summed E-state index contributed by atoms with van der Waals surface area (Å²) in [6.07, 6.45) is 4.94. The highest BCUT2D eigenvalue weighted by atomic mass is 16.6. The monoisotopic (exact) mass is 287 g/mol. The third-order valence-corrected chi connectivity index (χ3v) is 2.73. The van der Waals surface area contributed by atoms with E-state index < -0.39 is 18.1 Å². The Morgan fingerprint density at radius 1 is 1.00 bits per heavy atom. The van der Waals surface area contributed by atoms with E-state index in [2.05, 4.69) is 12.2 Å². The minimum Gasteiger partial charge on any atom is -0.464 e. The molecular weight excluding hydrogens is 258 g/mol. The summed E-state index contributed by atoms with van der Waals surface area (Å²) < 4.78 is 10.0. The molecule has 20 heavy (non-hydrogen) atoms. The molecule has 0 saturated heterocycles. The van der Waals surface area contributed by atoms with Gasteiger partial charge in [0.25, 0.3) is 0 Å². The van der Waals surface area contributed by atoms with Crippen molar-refractivity contribution in [1.82, 2.24) is 5.32 Å². The van der Waals surface area contributed by atoms with Crippen LogP contribution in [-0.2, 0) is 14.3 Å². The fourth-order valence-electron chi connectivity index (χ4n) is 1.52. The number of rotatable bonds is 10. The fraction of sp³-hybridized carbons (Fsp3) is 0.867. The first-order chi connectivity index (χ1) is 9.47. The Kier molecular flexibility index (Phi) is 10.8. The fourth-order valence-corrected chi connectivity index (χ4v) is 1.52.